The molecule has 0 aliphatic heterocycles. The summed E-state index contributed by atoms with van der Waals surface area (Å²) in [5.41, 5.74) is 3.70. The summed E-state index contributed by atoms with van der Waals surface area (Å²) in [5, 5.41) is 20.7. The maximum Gasteiger partial charge on any atom is 0.407 e. The number of aromatic nitrogens is 1. The third kappa shape index (κ3) is 9.10. The average Bonchev–Trinajstić information content (AvgIpc) is 3.36. The quantitative estimate of drug-likeness (QED) is 0.178. The number of benzene rings is 3. The number of rotatable bonds is 13. The van der Waals surface area contributed by atoms with Gasteiger partial charge in [0, 0.05) is 24.9 Å². The van der Waals surface area contributed by atoms with Crippen LogP contribution in [0.5, 0.6) is 17.2 Å². The number of aryl methyl sites for hydroxylation is 2. The number of alkyl carbamates (subject to hydrolysis) is 1. The molecule has 10 nitrogen and oxygen atoms in total. The number of nitriles is 1. The Balaban J connectivity index is 1.36. The molecule has 0 aliphatic rings. The first-order chi connectivity index (χ1) is 20.7. The minimum Gasteiger partial charge on any atom is -0.493 e. The summed E-state index contributed by atoms with van der Waals surface area (Å²) in [6.45, 7) is 5.89. The Morgan fingerprint density at radius 3 is 2.30 bits per heavy atom. The minimum atomic E-state index is -0.895. The Kier molecular flexibility index (Phi) is 10.4. The van der Waals surface area contributed by atoms with Gasteiger partial charge in [-0.25, -0.2) is 9.78 Å². The van der Waals surface area contributed by atoms with E-state index in [2.05, 4.69) is 16.4 Å². The summed E-state index contributed by atoms with van der Waals surface area (Å²) in [4.78, 5) is 27.7. The van der Waals surface area contributed by atoms with Gasteiger partial charge in [-0.15, -0.1) is 0 Å². The molecule has 0 unspecified atom stereocenters. The van der Waals surface area contributed by atoms with Gasteiger partial charge in [-0.05, 0) is 99.0 Å². The molecular formula is C33H33N3O7. The van der Waals surface area contributed by atoms with Gasteiger partial charge in [-0.1, -0.05) is 6.07 Å². The molecule has 0 saturated heterocycles. The largest absolute Gasteiger partial charge is 0.493 e. The van der Waals surface area contributed by atoms with E-state index in [1.54, 1.807) is 50.2 Å². The monoisotopic (exact) mass is 583 g/mol. The lowest BCUT2D eigenvalue weighted by Gasteiger charge is -2.14. The zero-order valence-corrected chi connectivity index (χ0v) is 24.3. The van der Waals surface area contributed by atoms with Gasteiger partial charge in [0.15, 0.2) is 0 Å². The summed E-state index contributed by atoms with van der Waals surface area (Å²) in [6, 6.07) is 21.7. The highest BCUT2D eigenvalue weighted by molar-refractivity contribution is 5.68. The fraction of sp³-hybridized carbons (Fsp3) is 0.273. The van der Waals surface area contributed by atoms with Crippen LogP contribution < -0.4 is 14.8 Å². The van der Waals surface area contributed by atoms with E-state index in [1.165, 1.54) is 0 Å². The van der Waals surface area contributed by atoms with Crippen molar-refractivity contribution in [3.05, 3.63) is 94.9 Å². The van der Waals surface area contributed by atoms with Crippen LogP contribution in [0, 0.1) is 18.3 Å². The van der Waals surface area contributed by atoms with E-state index < -0.39 is 12.1 Å². The second-order valence-corrected chi connectivity index (χ2v) is 10.0. The number of aliphatic carboxylic acids is 1. The summed E-state index contributed by atoms with van der Waals surface area (Å²) in [6.07, 6.45) is 0.00977. The van der Waals surface area contributed by atoms with Crippen LogP contribution in [0.3, 0.4) is 0 Å². The number of carboxylic acids is 1. The first kappa shape index (κ1) is 30.7. The van der Waals surface area contributed by atoms with Gasteiger partial charge in [0.05, 0.1) is 30.0 Å². The first-order valence-corrected chi connectivity index (χ1v) is 13.9. The SMILES string of the molecule is Cc1oc(-c2ccc(Oc3ccc(C#N)cc3)cc2)nc1CCOc1ccc(CCC(=O)O)c(CNC(=O)OC(C)C)c1. The molecule has 0 spiro atoms. The van der Waals surface area contributed by atoms with Gasteiger partial charge < -0.3 is 29.1 Å². The summed E-state index contributed by atoms with van der Waals surface area (Å²) >= 11 is 0. The predicted octanol–water partition coefficient (Wildman–Crippen LogP) is 6.59. The van der Waals surface area contributed by atoms with Crippen molar-refractivity contribution in [3.8, 4) is 34.8 Å². The van der Waals surface area contributed by atoms with Crippen molar-refractivity contribution in [2.24, 2.45) is 0 Å². The summed E-state index contributed by atoms with van der Waals surface area (Å²) in [7, 11) is 0. The van der Waals surface area contributed by atoms with Crippen LogP contribution in [0.15, 0.2) is 71.1 Å². The van der Waals surface area contributed by atoms with Crippen molar-refractivity contribution in [1.82, 2.24) is 10.3 Å². The second kappa shape index (κ2) is 14.5. The van der Waals surface area contributed by atoms with Crippen molar-refractivity contribution >= 4 is 12.1 Å². The second-order valence-electron chi connectivity index (χ2n) is 10.0. The third-order valence-electron chi connectivity index (χ3n) is 6.37. The molecule has 4 aromatic rings. The van der Waals surface area contributed by atoms with E-state index in [0.717, 1.165) is 22.4 Å². The molecule has 0 atom stereocenters. The van der Waals surface area contributed by atoms with Crippen LogP contribution in [0.4, 0.5) is 4.79 Å². The topological polar surface area (TPSA) is 144 Å². The number of ether oxygens (including phenoxy) is 3. The lowest BCUT2D eigenvalue weighted by molar-refractivity contribution is -0.136. The molecule has 0 fully saturated rings. The normalized spacial score (nSPS) is 10.7. The molecule has 3 aromatic carbocycles. The van der Waals surface area contributed by atoms with Crippen molar-refractivity contribution in [3.63, 3.8) is 0 Å². The molecule has 0 bridgehead atoms. The molecule has 2 N–H and O–H groups in total. The zero-order valence-electron chi connectivity index (χ0n) is 24.3. The molecule has 0 aliphatic carbocycles. The molecule has 10 heteroatoms. The Labute approximate surface area is 249 Å². The van der Waals surface area contributed by atoms with E-state index in [0.29, 0.717) is 53.9 Å². The fourth-order valence-corrected chi connectivity index (χ4v) is 4.21. The van der Waals surface area contributed by atoms with Gasteiger partial charge in [0.1, 0.15) is 23.0 Å². The van der Waals surface area contributed by atoms with Crippen molar-refractivity contribution in [1.29, 1.82) is 5.26 Å². The number of nitrogens with zero attached hydrogens (tertiary/aromatic N) is 2. The van der Waals surface area contributed by atoms with Gasteiger partial charge in [-0.3, -0.25) is 4.79 Å². The smallest absolute Gasteiger partial charge is 0.407 e. The Bertz CT molecular complexity index is 1590. The number of carbonyl (C=O) groups is 2. The van der Waals surface area contributed by atoms with Crippen LogP contribution in [-0.2, 0) is 28.9 Å². The summed E-state index contributed by atoms with van der Waals surface area (Å²) in [5.74, 6) is 2.15. The Hall–Kier alpha value is -5.30. The van der Waals surface area contributed by atoms with Gasteiger partial charge in [0.2, 0.25) is 5.89 Å². The lowest BCUT2D eigenvalue weighted by atomic mass is 10.0. The highest BCUT2D eigenvalue weighted by Gasteiger charge is 2.14. The summed E-state index contributed by atoms with van der Waals surface area (Å²) < 4.78 is 22.9. The maximum absolute atomic E-state index is 12.0. The van der Waals surface area contributed by atoms with Crippen LogP contribution in [0.2, 0.25) is 0 Å². The number of carbonyl (C=O) groups excluding carboxylic acids is 1. The number of hydrogen-bond acceptors (Lipinski definition) is 8. The number of amides is 1. The minimum absolute atomic E-state index is 0.0235. The molecule has 0 saturated carbocycles. The highest BCUT2D eigenvalue weighted by atomic mass is 16.6. The van der Waals surface area contributed by atoms with Gasteiger partial charge >= 0.3 is 12.1 Å². The van der Waals surface area contributed by atoms with Crippen LogP contribution in [-0.4, -0.2) is 34.9 Å². The van der Waals surface area contributed by atoms with E-state index in [4.69, 9.17) is 29.0 Å². The molecule has 4 rings (SSSR count). The van der Waals surface area contributed by atoms with Crippen molar-refractivity contribution in [2.45, 2.75) is 52.7 Å². The number of oxazole rings is 1. The Morgan fingerprint density at radius 1 is 0.977 bits per heavy atom. The molecule has 222 valence electrons. The lowest BCUT2D eigenvalue weighted by Crippen LogP contribution is -2.26. The molecule has 1 aromatic heterocycles. The van der Waals surface area contributed by atoms with Crippen LogP contribution >= 0.6 is 0 Å². The number of hydrogen-bond donors (Lipinski definition) is 2. The number of carboxylic acid groups (broad SMARTS) is 1. The molecule has 1 heterocycles. The standard InChI is InChI=1S/C33H33N3O7/c1-21(2)41-33(39)35-20-26-18-29(14-6-24(26)9-15-31(37)38)40-17-16-30-22(3)42-32(36-30)25-7-12-28(13-8-25)43-27-10-4-23(19-34)5-11-27/h4-8,10-14,18,21H,9,15-17,20H2,1-3H3,(H,35,39)(H,37,38). The zero-order chi connectivity index (χ0) is 30.8. The average molecular weight is 584 g/mol. The number of nitrogens with one attached hydrogen (secondary N) is 1. The van der Waals surface area contributed by atoms with Gasteiger partial charge in [-0.2, -0.15) is 5.26 Å². The third-order valence-corrected chi connectivity index (χ3v) is 6.37. The van der Waals surface area contributed by atoms with Gasteiger partial charge in [0.25, 0.3) is 0 Å². The first-order valence-electron chi connectivity index (χ1n) is 13.9. The van der Waals surface area contributed by atoms with Crippen LogP contribution in [0.25, 0.3) is 11.5 Å². The highest BCUT2D eigenvalue weighted by Crippen LogP contribution is 2.27. The van der Waals surface area contributed by atoms with Crippen LogP contribution in [0.1, 0.15) is 48.4 Å². The van der Waals surface area contributed by atoms with E-state index >= 15 is 0 Å². The molecular weight excluding hydrogens is 550 g/mol. The molecule has 43 heavy (non-hydrogen) atoms. The maximum atomic E-state index is 12.0. The van der Waals surface area contributed by atoms with E-state index in [9.17, 15) is 9.59 Å². The fourth-order valence-electron chi connectivity index (χ4n) is 4.21. The Morgan fingerprint density at radius 2 is 1.65 bits per heavy atom. The van der Waals surface area contributed by atoms with E-state index in [1.807, 2.05) is 37.3 Å². The van der Waals surface area contributed by atoms with Crippen molar-refractivity contribution < 1.29 is 33.3 Å². The van der Waals surface area contributed by atoms with E-state index in [-0.39, 0.29) is 19.1 Å². The van der Waals surface area contributed by atoms with Crippen molar-refractivity contribution in [2.75, 3.05) is 6.61 Å². The predicted molar refractivity (Wildman–Crippen MR) is 158 cm³/mol. The molecule has 0 radical (unpaired) electrons. The molecule has 1 amide bonds.